The van der Waals surface area contributed by atoms with E-state index in [1.807, 2.05) is 30.5 Å². The van der Waals surface area contributed by atoms with Gasteiger partial charge in [0.2, 0.25) is 0 Å². The van der Waals surface area contributed by atoms with Crippen molar-refractivity contribution in [2.75, 3.05) is 12.3 Å². The van der Waals surface area contributed by atoms with E-state index in [1.165, 1.54) is 16.7 Å². The Kier molecular flexibility index (Phi) is 5.38. The standard InChI is InChI=1S/C23H26N2O2S/c1-17-5-4-6-18(13-17)19-9-11-24-21(14-19)10-12-28(26,27)16-20-15-25-23-8-3-2-7-22(20)23/h2-9,13,15,21,24-25H,10-12,14,16H2,1H3. The minimum Gasteiger partial charge on any atom is -0.361 e. The molecule has 146 valence electrons. The number of nitrogens with one attached hydrogen (secondary N) is 2. The first-order valence-electron chi connectivity index (χ1n) is 9.75. The molecule has 4 rings (SSSR count). The van der Waals surface area contributed by atoms with Gasteiger partial charge in [-0.15, -0.1) is 0 Å². The minimum atomic E-state index is -3.16. The van der Waals surface area contributed by atoms with Gasteiger partial charge in [0.1, 0.15) is 0 Å². The summed E-state index contributed by atoms with van der Waals surface area (Å²) in [7, 11) is -3.16. The van der Waals surface area contributed by atoms with E-state index in [1.54, 1.807) is 0 Å². The summed E-state index contributed by atoms with van der Waals surface area (Å²) in [4.78, 5) is 3.16. The van der Waals surface area contributed by atoms with Crippen LogP contribution in [-0.4, -0.2) is 31.7 Å². The molecule has 0 saturated carbocycles. The van der Waals surface area contributed by atoms with Crippen LogP contribution in [0.25, 0.3) is 16.5 Å². The van der Waals surface area contributed by atoms with Crippen molar-refractivity contribution in [3.05, 3.63) is 77.5 Å². The maximum absolute atomic E-state index is 12.7. The molecule has 1 unspecified atom stereocenters. The first-order valence-corrected chi connectivity index (χ1v) is 11.6. The third-order valence-electron chi connectivity index (χ3n) is 5.44. The van der Waals surface area contributed by atoms with Crippen LogP contribution in [-0.2, 0) is 15.6 Å². The average molecular weight is 395 g/mol. The van der Waals surface area contributed by atoms with Crippen LogP contribution in [0.3, 0.4) is 0 Å². The van der Waals surface area contributed by atoms with Crippen molar-refractivity contribution in [1.29, 1.82) is 0 Å². The highest BCUT2D eigenvalue weighted by Crippen LogP contribution is 2.25. The summed E-state index contributed by atoms with van der Waals surface area (Å²) in [5.74, 6) is 0.287. The summed E-state index contributed by atoms with van der Waals surface area (Å²) in [6, 6.07) is 16.5. The number of benzene rings is 2. The van der Waals surface area contributed by atoms with Gasteiger partial charge in [0.25, 0.3) is 0 Å². The van der Waals surface area contributed by atoms with Gasteiger partial charge in [-0.2, -0.15) is 0 Å². The number of hydrogen-bond acceptors (Lipinski definition) is 3. The van der Waals surface area contributed by atoms with Gasteiger partial charge >= 0.3 is 0 Å². The molecule has 0 spiro atoms. The van der Waals surface area contributed by atoms with E-state index in [0.717, 1.165) is 29.4 Å². The molecule has 0 fully saturated rings. The molecule has 5 heteroatoms. The molecule has 1 aliphatic heterocycles. The van der Waals surface area contributed by atoms with E-state index in [2.05, 4.69) is 47.6 Å². The van der Waals surface area contributed by atoms with E-state index in [9.17, 15) is 8.42 Å². The van der Waals surface area contributed by atoms with Gasteiger partial charge in [0.15, 0.2) is 9.84 Å². The summed E-state index contributed by atoms with van der Waals surface area (Å²) in [6.45, 7) is 2.89. The Bertz CT molecular complexity index is 1110. The van der Waals surface area contributed by atoms with Crippen molar-refractivity contribution < 1.29 is 8.42 Å². The summed E-state index contributed by atoms with van der Waals surface area (Å²) >= 11 is 0. The number of para-hydroxylation sites is 1. The lowest BCUT2D eigenvalue weighted by Crippen LogP contribution is -2.34. The highest BCUT2D eigenvalue weighted by Gasteiger charge is 2.21. The number of aryl methyl sites for hydroxylation is 1. The van der Waals surface area contributed by atoms with Crippen molar-refractivity contribution in [3.8, 4) is 0 Å². The molecule has 2 aromatic carbocycles. The van der Waals surface area contributed by atoms with Gasteiger partial charge in [0, 0.05) is 29.7 Å². The largest absolute Gasteiger partial charge is 0.361 e. The lowest BCUT2D eigenvalue weighted by atomic mass is 9.93. The molecule has 0 radical (unpaired) electrons. The van der Waals surface area contributed by atoms with Crippen molar-refractivity contribution >= 4 is 26.3 Å². The first-order chi connectivity index (χ1) is 13.5. The molecule has 0 saturated heterocycles. The zero-order chi connectivity index (χ0) is 19.6. The maximum Gasteiger partial charge on any atom is 0.154 e. The molecule has 2 heterocycles. The van der Waals surface area contributed by atoms with Gasteiger partial charge in [-0.1, -0.05) is 54.1 Å². The van der Waals surface area contributed by atoms with Crippen LogP contribution in [0, 0.1) is 6.92 Å². The molecule has 0 amide bonds. The molecular weight excluding hydrogens is 368 g/mol. The summed E-state index contributed by atoms with van der Waals surface area (Å²) in [5, 5.41) is 4.44. The number of fused-ring (bicyclic) bond motifs is 1. The van der Waals surface area contributed by atoms with Gasteiger partial charge < -0.3 is 10.3 Å². The monoisotopic (exact) mass is 394 g/mol. The number of hydrogen-bond donors (Lipinski definition) is 2. The van der Waals surface area contributed by atoms with Crippen LogP contribution in [0.4, 0.5) is 0 Å². The molecular formula is C23H26N2O2S. The van der Waals surface area contributed by atoms with Gasteiger partial charge in [-0.05, 0) is 42.5 Å². The number of aromatic amines is 1. The molecule has 3 aromatic rings. The fourth-order valence-electron chi connectivity index (χ4n) is 3.94. The van der Waals surface area contributed by atoms with Crippen LogP contribution in [0.15, 0.2) is 60.8 Å². The van der Waals surface area contributed by atoms with E-state index < -0.39 is 9.84 Å². The molecule has 28 heavy (non-hydrogen) atoms. The Hall–Kier alpha value is -2.37. The second-order valence-corrected chi connectivity index (χ2v) is 9.83. The maximum atomic E-state index is 12.7. The molecule has 0 aliphatic carbocycles. The third kappa shape index (κ3) is 4.37. The van der Waals surface area contributed by atoms with Crippen molar-refractivity contribution in [1.82, 2.24) is 10.3 Å². The van der Waals surface area contributed by atoms with E-state index in [4.69, 9.17) is 0 Å². The molecule has 1 aromatic heterocycles. The van der Waals surface area contributed by atoms with Crippen LogP contribution < -0.4 is 5.32 Å². The zero-order valence-electron chi connectivity index (χ0n) is 16.1. The Labute approximate surface area is 166 Å². The molecule has 0 bridgehead atoms. The number of sulfone groups is 1. The fourth-order valence-corrected chi connectivity index (χ4v) is 5.44. The molecule has 1 atom stereocenters. The lowest BCUT2D eigenvalue weighted by molar-refractivity contribution is 0.515. The minimum absolute atomic E-state index is 0.0876. The SMILES string of the molecule is Cc1cccc(C2=CCNC(CCS(=O)(=O)Cc3c[nH]c4ccccc34)C2)c1. The van der Waals surface area contributed by atoms with Crippen LogP contribution in [0.1, 0.15) is 29.5 Å². The highest BCUT2D eigenvalue weighted by atomic mass is 32.2. The van der Waals surface area contributed by atoms with Crippen LogP contribution in [0.5, 0.6) is 0 Å². The third-order valence-corrected chi connectivity index (χ3v) is 7.05. The smallest absolute Gasteiger partial charge is 0.154 e. The first kappa shape index (κ1) is 19.0. The predicted molar refractivity (Wildman–Crippen MR) is 116 cm³/mol. The summed E-state index contributed by atoms with van der Waals surface area (Å²) in [6.07, 6.45) is 5.53. The average Bonchev–Trinajstić information content (AvgIpc) is 3.09. The van der Waals surface area contributed by atoms with Gasteiger partial charge in [0.05, 0.1) is 11.5 Å². The Morgan fingerprint density at radius 1 is 1.11 bits per heavy atom. The summed E-state index contributed by atoms with van der Waals surface area (Å²) in [5.41, 5.74) is 5.63. The van der Waals surface area contributed by atoms with Gasteiger partial charge in [-0.25, -0.2) is 8.42 Å². The van der Waals surface area contributed by atoms with Crippen molar-refractivity contribution in [2.24, 2.45) is 0 Å². The molecule has 1 aliphatic rings. The van der Waals surface area contributed by atoms with E-state index in [-0.39, 0.29) is 17.5 Å². The lowest BCUT2D eigenvalue weighted by Gasteiger charge is -2.24. The second-order valence-electron chi connectivity index (χ2n) is 7.65. The number of rotatable bonds is 6. The summed E-state index contributed by atoms with van der Waals surface area (Å²) < 4.78 is 25.4. The highest BCUT2D eigenvalue weighted by molar-refractivity contribution is 7.90. The Balaban J connectivity index is 1.39. The number of aromatic nitrogens is 1. The van der Waals surface area contributed by atoms with Gasteiger partial charge in [-0.3, -0.25) is 0 Å². The van der Waals surface area contributed by atoms with E-state index in [0.29, 0.717) is 6.42 Å². The Morgan fingerprint density at radius 2 is 1.96 bits per heavy atom. The fraction of sp³-hybridized carbons (Fsp3) is 0.304. The van der Waals surface area contributed by atoms with E-state index >= 15 is 0 Å². The zero-order valence-corrected chi connectivity index (χ0v) is 16.9. The predicted octanol–water partition coefficient (Wildman–Crippen LogP) is 4.23. The number of H-pyrrole nitrogens is 1. The van der Waals surface area contributed by atoms with Crippen molar-refractivity contribution in [2.45, 2.75) is 31.6 Å². The van der Waals surface area contributed by atoms with Crippen LogP contribution >= 0.6 is 0 Å². The van der Waals surface area contributed by atoms with Crippen molar-refractivity contribution in [3.63, 3.8) is 0 Å². The second kappa shape index (κ2) is 7.94. The molecule has 4 nitrogen and oxygen atoms in total. The normalized spacial score (nSPS) is 17.6. The quantitative estimate of drug-likeness (QED) is 0.658. The Morgan fingerprint density at radius 3 is 2.82 bits per heavy atom. The van der Waals surface area contributed by atoms with Crippen LogP contribution in [0.2, 0.25) is 0 Å². The topological polar surface area (TPSA) is 62.0 Å². The molecule has 2 N–H and O–H groups in total.